The molecule has 6 heterocycles. The predicted octanol–water partition coefficient (Wildman–Crippen LogP) is 3.12. The molecule has 3 aromatic heterocycles. The van der Waals surface area contributed by atoms with E-state index in [9.17, 15) is 9.59 Å². The Balaban J connectivity index is 1.09. The van der Waals surface area contributed by atoms with Crippen molar-refractivity contribution in [2.75, 3.05) is 39.0 Å². The zero-order valence-electron chi connectivity index (χ0n) is 24.2. The summed E-state index contributed by atoms with van der Waals surface area (Å²) in [5.41, 5.74) is 3.69. The number of H-pyrrole nitrogens is 1. The molecule has 0 aromatic carbocycles. The number of rotatable bonds is 8. The second kappa shape index (κ2) is 11.2. The Morgan fingerprint density at radius 3 is 2.61 bits per heavy atom. The Hall–Kier alpha value is -3.93. The van der Waals surface area contributed by atoms with Crippen LogP contribution in [0.2, 0.25) is 0 Å². The summed E-state index contributed by atoms with van der Waals surface area (Å²) in [4.78, 5) is 36.1. The normalized spacial score (nSPS) is 22.7. The van der Waals surface area contributed by atoms with Gasteiger partial charge in [-0.15, -0.1) is 0 Å². The van der Waals surface area contributed by atoms with Crippen LogP contribution < -0.4 is 5.32 Å². The SMILES string of the molecule is CC(C)c1cnn2c(NC3CC4CCC(C3)N4C(=O)OC3CN(C(=O)/C=C/CN(C)C)C3)cc(-c3cn[nH]c3)nc12. The van der Waals surface area contributed by atoms with Crippen LogP contribution in [0.15, 0.2) is 36.8 Å². The van der Waals surface area contributed by atoms with E-state index in [0.29, 0.717) is 19.6 Å². The number of anilines is 1. The largest absolute Gasteiger partial charge is 0.442 e. The number of ether oxygens (including phenoxy) is 1. The van der Waals surface area contributed by atoms with Crippen molar-refractivity contribution in [3.63, 3.8) is 0 Å². The number of piperidine rings is 1. The number of carbonyl (C=O) groups excluding carboxylic acids is 2. The highest BCUT2D eigenvalue weighted by molar-refractivity contribution is 5.88. The van der Waals surface area contributed by atoms with E-state index in [1.807, 2.05) is 52.9 Å². The molecule has 218 valence electrons. The number of hydrogen-bond donors (Lipinski definition) is 2. The van der Waals surface area contributed by atoms with E-state index < -0.39 is 0 Å². The van der Waals surface area contributed by atoms with Crippen LogP contribution in [0.4, 0.5) is 10.6 Å². The molecule has 0 saturated carbocycles. The van der Waals surface area contributed by atoms with Gasteiger partial charge >= 0.3 is 6.09 Å². The quantitative estimate of drug-likeness (QED) is 0.402. The lowest BCUT2D eigenvalue weighted by atomic mass is 9.97. The van der Waals surface area contributed by atoms with Crippen LogP contribution in [0.5, 0.6) is 0 Å². The topological polar surface area (TPSA) is 124 Å². The fraction of sp³-hybridized carbons (Fsp3) is 0.552. The molecule has 3 aliphatic heterocycles. The molecule has 2 unspecified atom stereocenters. The molecule has 3 fully saturated rings. The minimum atomic E-state index is -0.251. The third-order valence-electron chi connectivity index (χ3n) is 8.37. The lowest BCUT2D eigenvalue weighted by Crippen LogP contribution is -2.57. The van der Waals surface area contributed by atoms with Gasteiger partial charge in [-0.25, -0.2) is 9.78 Å². The number of hydrogen-bond acceptors (Lipinski definition) is 8. The van der Waals surface area contributed by atoms with Gasteiger partial charge in [0.1, 0.15) is 11.9 Å². The fourth-order valence-electron chi connectivity index (χ4n) is 6.20. The van der Waals surface area contributed by atoms with E-state index in [4.69, 9.17) is 9.72 Å². The first-order chi connectivity index (χ1) is 19.8. The van der Waals surface area contributed by atoms with Gasteiger partial charge in [0.2, 0.25) is 5.91 Å². The van der Waals surface area contributed by atoms with Crippen molar-refractivity contribution < 1.29 is 14.3 Å². The number of fused-ring (bicyclic) bond motifs is 3. The molecule has 2 atom stereocenters. The lowest BCUT2D eigenvalue weighted by molar-refractivity contribution is -0.136. The maximum atomic E-state index is 13.2. The van der Waals surface area contributed by atoms with Crippen molar-refractivity contribution in [2.24, 2.45) is 0 Å². The first-order valence-electron chi connectivity index (χ1n) is 14.5. The molecule has 2 bridgehead atoms. The van der Waals surface area contributed by atoms with Crippen molar-refractivity contribution >= 4 is 23.5 Å². The average molecular weight is 562 g/mol. The number of aromatic amines is 1. The summed E-state index contributed by atoms with van der Waals surface area (Å²) in [6.07, 6.45) is 12.1. The van der Waals surface area contributed by atoms with Crippen LogP contribution in [-0.4, -0.2) is 109 Å². The summed E-state index contributed by atoms with van der Waals surface area (Å²) in [5.74, 6) is 1.14. The monoisotopic (exact) mass is 561 g/mol. The van der Waals surface area contributed by atoms with Crippen molar-refractivity contribution in [3.05, 3.63) is 42.4 Å². The Morgan fingerprint density at radius 2 is 1.95 bits per heavy atom. The molecule has 0 spiro atoms. The number of likely N-dealkylation sites (N-methyl/N-ethyl adjacent to an activating group) is 1. The average Bonchev–Trinajstić information content (AvgIpc) is 3.64. The summed E-state index contributed by atoms with van der Waals surface area (Å²) < 4.78 is 7.72. The van der Waals surface area contributed by atoms with Crippen molar-refractivity contribution in [1.82, 2.24) is 39.5 Å². The first kappa shape index (κ1) is 27.3. The van der Waals surface area contributed by atoms with Gasteiger partial charge in [0.05, 0.1) is 31.2 Å². The Kier molecular flexibility index (Phi) is 7.41. The van der Waals surface area contributed by atoms with Crippen LogP contribution in [-0.2, 0) is 9.53 Å². The van der Waals surface area contributed by atoms with Crippen molar-refractivity contribution in [1.29, 1.82) is 0 Å². The standard InChI is InChI=1S/C29H39N9O3/c1-18(2)24-15-32-38-26(12-25(34-28(24)38)19-13-30-31-14-19)33-20-10-21-7-8-22(11-20)37(21)29(40)41-23-16-36(17-23)27(39)6-5-9-35(3)4/h5-6,12-15,18,20-23,33H,7-11,16-17H2,1-4H3,(H,30,31)/b6-5+. The number of nitrogens with one attached hydrogen (secondary N) is 2. The van der Waals surface area contributed by atoms with Crippen LogP contribution >= 0.6 is 0 Å². The van der Waals surface area contributed by atoms with Crippen LogP contribution in [0.1, 0.15) is 51.0 Å². The minimum absolute atomic E-state index is 0.0371. The summed E-state index contributed by atoms with van der Waals surface area (Å²) in [6.45, 7) is 5.90. The Morgan fingerprint density at radius 1 is 1.20 bits per heavy atom. The molecule has 6 rings (SSSR count). The maximum Gasteiger partial charge on any atom is 0.410 e. The van der Waals surface area contributed by atoms with Gasteiger partial charge in [-0.3, -0.25) is 9.89 Å². The molecule has 12 nitrogen and oxygen atoms in total. The molecule has 41 heavy (non-hydrogen) atoms. The van der Waals surface area contributed by atoms with E-state index in [1.54, 1.807) is 17.2 Å². The van der Waals surface area contributed by atoms with Crippen LogP contribution in [0.3, 0.4) is 0 Å². The third kappa shape index (κ3) is 5.52. The van der Waals surface area contributed by atoms with Crippen molar-refractivity contribution in [3.8, 4) is 11.3 Å². The van der Waals surface area contributed by atoms with Crippen LogP contribution in [0, 0.1) is 0 Å². The molecular weight excluding hydrogens is 522 g/mol. The van der Waals surface area contributed by atoms with E-state index >= 15 is 0 Å². The zero-order chi connectivity index (χ0) is 28.7. The highest BCUT2D eigenvalue weighted by atomic mass is 16.6. The molecular formula is C29H39N9O3. The molecule has 3 aliphatic rings. The van der Waals surface area contributed by atoms with Gasteiger partial charge in [-0.2, -0.15) is 14.7 Å². The van der Waals surface area contributed by atoms with E-state index in [-0.39, 0.29) is 42.1 Å². The van der Waals surface area contributed by atoms with Gasteiger partial charge in [-0.1, -0.05) is 19.9 Å². The second-order valence-electron chi connectivity index (χ2n) is 12.0. The van der Waals surface area contributed by atoms with Gasteiger partial charge in [0.25, 0.3) is 0 Å². The Bertz CT molecular complexity index is 1410. The highest BCUT2D eigenvalue weighted by Gasteiger charge is 2.45. The molecule has 2 amide bonds. The molecule has 0 radical (unpaired) electrons. The van der Waals surface area contributed by atoms with E-state index in [2.05, 4.69) is 34.5 Å². The maximum absolute atomic E-state index is 13.2. The zero-order valence-corrected chi connectivity index (χ0v) is 24.2. The first-order valence-corrected chi connectivity index (χ1v) is 14.5. The smallest absolute Gasteiger partial charge is 0.410 e. The van der Waals surface area contributed by atoms with Gasteiger partial charge in [0, 0.05) is 54.1 Å². The third-order valence-corrected chi connectivity index (χ3v) is 8.37. The summed E-state index contributed by atoms with van der Waals surface area (Å²) in [7, 11) is 3.91. The molecule has 2 N–H and O–H groups in total. The predicted molar refractivity (Wildman–Crippen MR) is 154 cm³/mol. The molecule has 12 heteroatoms. The number of amides is 2. The summed E-state index contributed by atoms with van der Waals surface area (Å²) >= 11 is 0. The summed E-state index contributed by atoms with van der Waals surface area (Å²) in [6, 6.07) is 2.47. The molecule has 3 saturated heterocycles. The molecule has 0 aliphatic carbocycles. The second-order valence-corrected chi connectivity index (χ2v) is 12.0. The Labute approximate surface area is 239 Å². The molecule has 3 aromatic rings. The van der Waals surface area contributed by atoms with Gasteiger partial charge in [-0.05, 0) is 45.7 Å². The highest BCUT2D eigenvalue weighted by Crippen LogP contribution is 2.38. The summed E-state index contributed by atoms with van der Waals surface area (Å²) in [5, 5.41) is 15.4. The van der Waals surface area contributed by atoms with Gasteiger partial charge < -0.3 is 24.8 Å². The van der Waals surface area contributed by atoms with Crippen LogP contribution in [0.25, 0.3) is 16.9 Å². The van der Waals surface area contributed by atoms with E-state index in [1.165, 1.54) is 0 Å². The number of nitrogens with zero attached hydrogens (tertiary/aromatic N) is 7. The number of carbonyl (C=O) groups is 2. The van der Waals surface area contributed by atoms with Gasteiger partial charge in [0.15, 0.2) is 5.65 Å². The fourth-order valence-corrected chi connectivity index (χ4v) is 6.20. The number of aromatic nitrogens is 5. The lowest BCUT2D eigenvalue weighted by Gasteiger charge is -2.42. The minimum Gasteiger partial charge on any atom is -0.442 e. The van der Waals surface area contributed by atoms with Crippen molar-refractivity contribution in [2.45, 2.75) is 69.7 Å². The number of likely N-dealkylation sites (tertiary alicyclic amines) is 1. The van der Waals surface area contributed by atoms with E-state index in [0.717, 1.165) is 54.0 Å².